The first-order valence-electron chi connectivity index (χ1n) is 6.35. The van der Waals surface area contributed by atoms with Gasteiger partial charge in [-0.05, 0) is 27.7 Å². The summed E-state index contributed by atoms with van der Waals surface area (Å²) < 4.78 is 0. The third-order valence-corrected chi connectivity index (χ3v) is 3.76. The zero-order valence-electron chi connectivity index (χ0n) is 12.2. The Morgan fingerprint density at radius 3 is 2.45 bits per heavy atom. The number of carbonyl (C=O) groups is 2. The van der Waals surface area contributed by atoms with Crippen LogP contribution in [0.5, 0.6) is 0 Å². The molecule has 112 valence electrons. The number of nitrogens with one attached hydrogen (secondary N) is 2. The molecule has 1 unspecified atom stereocenters. The van der Waals surface area contributed by atoms with Crippen LogP contribution in [0.25, 0.3) is 0 Å². The summed E-state index contributed by atoms with van der Waals surface area (Å²) in [5.74, 6) is -1.49. The van der Waals surface area contributed by atoms with Gasteiger partial charge in [0, 0.05) is 23.9 Å². The smallest absolute Gasteiger partial charge is 0.326 e. The van der Waals surface area contributed by atoms with Crippen LogP contribution in [-0.2, 0) is 16.0 Å². The number of aromatic nitrogens is 2. The Kier molecular flexibility index (Phi) is 4.54. The van der Waals surface area contributed by atoms with Gasteiger partial charge < -0.3 is 21.1 Å². The first-order chi connectivity index (χ1) is 9.05. The molecule has 0 saturated heterocycles. The molecular weight excluding hydrogens is 260 g/mol. The van der Waals surface area contributed by atoms with Crippen LogP contribution in [0.1, 0.15) is 33.4 Å². The van der Waals surface area contributed by atoms with E-state index in [0.717, 1.165) is 0 Å². The van der Waals surface area contributed by atoms with Crippen molar-refractivity contribution >= 4 is 11.9 Å². The third kappa shape index (κ3) is 3.57. The fourth-order valence-electron chi connectivity index (χ4n) is 1.45. The van der Waals surface area contributed by atoms with Crippen molar-refractivity contribution < 1.29 is 14.7 Å². The van der Waals surface area contributed by atoms with Crippen molar-refractivity contribution in [3.8, 4) is 0 Å². The van der Waals surface area contributed by atoms with Crippen LogP contribution in [-0.4, -0.2) is 38.5 Å². The molecule has 1 aromatic heterocycles. The molecule has 1 rings (SSSR count). The average molecular weight is 282 g/mol. The summed E-state index contributed by atoms with van der Waals surface area (Å²) in [4.78, 5) is 30.2. The van der Waals surface area contributed by atoms with Crippen LogP contribution in [0.4, 0.5) is 0 Å². The van der Waals surface area contributed by atoms with Crippen molar-refractivity contribution in [1.82, 2.24) is 15.3 Å². The number of carboxylic acids is 1. The third-order valence-electron chi connectivity index (χ3n) is 3.76. The quantitative estimate of drug-likeness (QED) is 0.597. The van der Waals surface area contributed by atoms with Crippen molar-refractivity contribution in [3.63, 3.8) is 0 Å². The lowest BCUT2D eigenvalue weighted by atomic mass is 9.74. The molecule has 1 aromatic rings. The van der Waals surface area contributed by atoms with E-state index in [1.165, 1.54) is 12.5 Å². The SMILES string of the molecule is CC(C)(N)C(C)(C)C(=O)NC(Cc1cnc[nH]1)C(=O)O. The highest BCUT2D eigenvalue weighted by atomic mass is 16.4. The lowest BCUT2D eigenvalue weighted by Gasteiger charge is -2.37. The van der Waals surface area contributed by atoms with Crippen LogP contribution in [0.3, 0.4) is 0 Å². The van der Waals surface area contributed by atoms with Gasteiger partial charge in [0.2, 0.25) is 5.91 Å². The van der Waals surface area contributed by atoms with Gasteiger partial charge in [-0.3, -0.25) is 4.79 Å². The Labute approximate surface area is 118 Å². The molecule has 0 aliphatic carbocycles. The minimum absolute atomic E-state index is 0.141. The molecule has 1 atom stereocenters. The number of aliphatic carboxylic acids is 1. The van der Waals surface area contributed by atoms with Crippen LogP contribution >= 0.6 is 0 Å². The summed E-state index contributed by atoms with van der Waals surface area (Å²) in [5, 5.41) is 11.7. The number of H-pyrrole nitrogens is 1. The van der Waals surface area contributed by atoms with Crippen LogP contribution in [0, 0.1) is 5.41 Å². The summed E-state index contributed by atoms with van der Waals surface area (Å²) in [6.45, 7) is 6.85. The van der Waals surface area contributed by atoms with Gasteiger partial charge in [-0.2, -0.15) is 0 Å². The van der Waals surface area contributed by atoms with E-state index in [1.807, 2.05) is 0 Å². The highest BCUT2D eigenvalue weighted by Gasteiger charge is 2.41. The van der Waals surface area contributed by atoms with E-state index >= 15 is 0 Å². The van der Waals surface area contributed by atoms with Gasteiger partial charge in [0.15, 0.2) is 0 Å². The van der Waals surface area contributed by atoms with Gasteiger partial charge in [-0.15, -0.1) is 0 Å². The number of carboxylic acid groups (broad SMARTS) is 1. The van der Waals surface area contributed by atoms with Crippen molar-refractivity contribution in [2.75, 3.05) is 0 Å². The molecule has 7 heteroatoms. The topological polar surface area (TPSA) is 121 Å². The maximum atomic E-state index is 12.3. The fraction of sp³-hybridized carbons (Fsp3) is 0.615. The lowest BCUT2D eigenvalue weighted by Crippen LogP contribution is -2.58. The zero-order valence-corrected chi connectivity index (χ0v) is 12.2. The van der Waals surface area contributed by atoms with Crippen molar-refractivity contribution in [2.24, 2.45) is 11.1 Å². The van der Waals surface area contributed by atoms with Gasteiger partial charge in [0.05, 0.1) is 11.7 Å². The molecule has 1 amide bonds. The van der Waals surface area contributed by atoms with Gasteiger partial charge in [0.1, 0.15) is 6.04 Å². The Morgan fingerprint density at radius 1 is 1.45 bits per heavy atom. The molecule has 20 heavy (non-hydrogen) atoms. The number of hydrogen-bond acceptors (Lipinski definition) is 4. The van der Waals surface area contributed by atoms with Gasteiger partial charge in [-0.25, -0.2) is 9.78 Å². The number of rotatable bonds is 6. The highest BCUT2D eigenvalue weighted by molar-refractivity contribution is 5.88. The first-order valence-corrected chi connectivity index (χ1v) is 6.35. The summed E-state index contributed by atoms with van der Waals surface area (Å²) in [6.07, 6.45) is 3.13. The average Bonchev–Trinajstić information content (AvgIpc) is 2.78. The molecule has 5 N–H and O–H groups in total. The minimum atomic E-state index is -1.10. The summed E-state index contributed by atoms with van der Waals surface area (Å²) in [5.41, 5.74) is 4.95. The van der Waals surface area contributed by atoms with Crippen LogP contribution in [0.15, 0.2) is 12.5 Å². The van der Waals surface area contributed by atoms with Gasteiger partial charge in [-0.1, -0.05) is 0 Å². The van der Waals surface area contributed by atoms with E-state index in [0.29, 0.717) is 5.69 Å². The monoisotopic (exact) mass is 282 g/mol. The van der Waals surface area contributed by atoms with E-state index in [9.17, 15) is 14.7 Å². The number of amides is 1. The second kappa shape index (κ2) is 5.62. The molecule has 7 nitrogen and oxygen atoms in total. The summed E-state index contributed by atoms with van der Waals surface area (Å²) >= 11 is 0. The molecular formula is C13H22N4O3. The maximum Gasteiger partial charge on any atom is 0.326 e. The Hall–Kier alpha value is -1.89. The van der Waals surface area contributed by atoms with Gasteiger partial charge >= 0.3 is 5.97 Å². The Balaban J connectivity index is 2.81. The number of hydrogen-bond donors (Lipinski definition) is 4. The van der Waals surface area contributed by atoms with Crippen molar-refractivity contribution in [2.45, 2.75) is 45.7 Å². The Morgan fingerprint density at radius 2 is 2.05 bits per heavy atom. The molecule has 0 radical (unpaired) electrons. The molecule has 0 spiro atoms. The molecule has 0 fully saturated rings. The van der Waals surface area contributed by atoms with E-state index in [-0.39, 0.29) is 6.42 Å². The predicted molar refractivity (Wildman–Crippen MR) is 73.9 cm³/mol. The summed E-state index contributed by atoms with van der Waals surface area (Å²) in [7, 11) is 0. The molecule has 0 saturated carbocycles. The normalized spacial score (nSPS) is 13.8. The lowest BCUT2D eigenvalue weighted by molar-refractivity contribution is -0.144. The Bertz CT molecular complexity index is 474. The largest absolute Gasteiger partial charge is 0.480 e. The van der Waals surface area contributed by atoms with Crippen LogP contribution in [0.2, 0.25) is 0 Å². The first kappa shape index (κ1) is 16.2. The van der Waals surface area contributed by atoms with E-state index in [4.69, 9.17) is 5.73 Å². The fourth-order valence-corrected chi connectivity index (χ4v) is 1.45. The number of imidazole rings is 1. The standard InChI is InChI=1S/C13H22N4O3/c1-12(2,13(3,4)14)11(20)17-9(10(18)19)5-8-6-15-7-16-8/h6-7,9H,5,14H2,1-4H3,(H,15,16)(H,17,20)(H,18,19). The summed E-state index contributed by atoms with van der Waals surface area (Å²) in [6, 6.07) is -1.02. The maximum absolute atomic E-state index is 12.3. The minimum Gasteiger partial charge on any atom is -0.480 e. The van der Waals surface area contributed by atoms with Crippen LogP contribution < -0.4 is 11.1 Å². The second-order valence-electron chi connectivity index (χ2n) is 5.99. The van der Waals surface area contributed by atoms with E-state index < -0.39 is 28.9 Å². The molecule has 0 bridgehead atoms. The molecule has 0 aliphatic rings. The van der Waals surface area contributed by atoms with E-state index in [2.05, 4.69) is 15.3 Å². The molecule has 0 aliphatic heterocycles. The second-order valence-corrected chi connectivity index (χ2v) is 5.99. The van der Waals surface area contributed by atoms with Crippen molar-refractivity contribution in [1.29, 1.82) is 0 Å². The van der Waals surface area contributed by atoms with Crippen molar-refractivity contribution in [3.05, 3.63) is 18.2 Å². The van der Waals surface area contributed by atoms with E-state index in [1.54, 1.807) is 27.7 Å². The number of aromatic amines is 1. The number of nitrogens with zero attached hydrogens (tertiary/aromatic N) is 1. The number of nitrogens with two attached hydrogens (primary N) is 1. The van der Waals surface area contributed by atoms with Gasteiger partial charge in [0.25, 0.3) is 0 Å². The number of carbonyl (C=O) groups excluding carboxylic acids is 1. The predicted octanol–water partition coefficient (Wildman–Crippen LogP) is 0.285. The molecule has 0 aromatic carbocycles. The highest BCUT2D eigenvalue weighted by Crippen LogP contribution is 2.28. The molecule has 1 heterocycles. The zero-order chi connectivity index (χ0) is 15.6.